The van der Waals surface area contributed by atoms with E-state index < -0.39 is 12.0 Å². The number of hydrogen-bond acceptors (Lipinski definition) is 3. The van der Waals surface area contributed by atoms with Gasteiger partial charge in [-0.15, -0.1) is 0 Å². The molecular weight excluding hydrogens is 232 g/mol. The second kappa shape index (κ2) is 6.16. The van der Waals surface area contributed by atoms with Crippen molar-refractivity contribution in [3.8, 4) is 0 Å². The smallest absolute Gasteiger partial charge is 0.307 e. The Morgan fingerprint density at radius 2 is 1.94 bits per heavy atom. The minimum absolute atomic E-state index is 0.0247. The number of para-hydroxylation sites is 1. The van der Waals surface area contributed by atoms with Crippen molar-refractivity contribution < 1.29 is 14.7 Å². The summed E-state index contributed by atoms with van der Waals surface area (Å²) >= 11 is 0. The summed E-state index contributed by atoms with van der Waals surface area (Å²) in [4.78, 5) is 22.5. The Morgan fingerprint density at radius 1 is 1.33 bits per heavy atom. The first-order valence-corrected chi connectivity index (χ1v) is 5.78. The predicted molar refractivity (Wildman–Crippen MR) is 69.2 cm³/mol. The van der Waals surface area contributed by atoms with Crippen LogP contribution in [0.15, 0.2) is 24.3 Å². The molecule has 1 rings (SSSR count). The van der Waals surface area contributed by atoms with Gasteiger partial charge < -0.3 is 16.2 Å². The molecule has 0 aliphatic rings. The van der Waals surface area contributed by atoms with Crippen molar-refractivity contribution in [1.29, 1.82) is 0 Å². The fourth-order valence-corrected chi connectivity index (χ4v) is 1.48. The van der Waals surface area contributed by atoms with E-state index in [1.165, 1.54) is 0 Å². The molecule has 0 aromatic heterocycles. The van der Waals surface area contributed by atoms with Gasteiger partial charge in [-0.2, -0.15) is 0 Å². The maximum Gasteiger partial charge on any atom is 0.307 e. The second-order valence-corrected chi connectivity index (χ2v) is 4.49. The van der Waals surface area contributed by atoms with Gasteiger partial charge in [0.2, 0.25) is 5.91 Å². The van der Waals surface area contributed by atoms with Crippen molar-refractivity contribution in [2.75, 3.05) is 5.32 Å². The standard InChI is InChI=1S/C13H18N2O3/c1-8(2)12(14)13(18)15-10-6-4-3-5-9(10)7-11(16)17/h3-6,8,12H,7,14H2,1-2H3,(H,15,18)(H,16,17)/t12-/m0/s1. The van der Waals surface area contributed by atoms with Crippen LogP contribution in [-0.2, 0) is 16.0 Å². The summed E-state index contributed by atoms with van der Waals surface area (Å²) < 4.78 is 0. The molecule has 5 heteroatoms. The number of nitrogens with one attached hydrogen (secondary N) is 1. The number of carbonyl (C=O) groups excluding carboxylic acids is 1. The molecule has 0 aliphatic carbocycles. The normalized spacial score (nSPS) is 12.2. The van der Waals surface area contributed by atoms with Crippen molar-refractivity contribution in [3.63, 3.8) is 0 Å². The van der Waals surface area contributed by atoms with Gasteiger partial charge in [0.15, 0.2) is 0 Å². The highest BCUT2D eigenvalue weighted by molar-refractivity contribution is 5.96. The lowest BCUT2D eigenvalue weighted by molar-refractivity contribution is -0.136. The van der Waals surface area contributed by atoms with E-state index in [1.54, 1.807) is 24.3 Å². The van der Waals surface area contributed by atoms with Crippen molar-refractivity contribution in [3.05, 3.63) is 29.8 Å². The summed E-state index contributed by atoms with van der Waals surface area (Å²) in [6.45, 7) is 3.71. The molecule has 1 aromatic rings. The molecule has 5 nitrogen and oxygen atoms in total. The SMILES string of the molecule is CC(C)[C@H](N)C(=O)Nc1ccccc1CC(=O)O. The molecule has 0 aliphatic heterocycles. The summed E-state index contributed by atoms with van der Waals surface area (Å²) in [5.74, 6) is -1.22. The fraction of sp³-hybridized carbons (Fsp3) is 0.385. The zero-order chi connectivity index (χ0) is 13.7. The largest absolute Gasteiger partial charge is 0.481 e. The van der Waals surface area contributed by atoms with E-state index in [9.17, 15) is 9.59 Å². The lowest BCUT2D eigenvalue weighted by Gasteiger charge is -2.16. The minimum Gasteiger partial charge on any atom is -0.481 e. The number of carbonyl (C=O) groups is 2. The summed E-state index contributed by atoms with van der Waals surface area (Å²) in [5, 5.41) is 11.5. The van der Waals surface area contributed by atoms with Gasteiger partial charge in [0, 0.05) is 5.69 Å². The number of amides is 1. The van der Waals surface area contributed by atoms with Crippen LogP contribution < -0.4 is 11.1 Å². The lowest BCUT2D eigenvalue weighted by Crippen LogP contribution is -2.39. The maximum atomic E-state index is 11.8. The van der Waals surface area contributed by atoms with E-state index in [0.29, 0.717) is 11.3 Å². The molecule has 0 spiro atoms. The van der Waals surface area contributed by atoms with E-state index in [4.69, 9.17) is 10.8 Å². The molecule has 0 heterocycles. The fourth-order valence-electron chi connectivity index (χ4n) is 1.48. The highest BCUT2D eigenvalue weighted by Crippen LogP contribution is 2.16. The molecule has 0 unspecified atom stereocenters. The Balaban J connectivity index is 2.84. The quantitative estimate of drug-likeness (QED) is 0.733. The third-order valence-corrected chi connectivity index (χ3v) is 2.64. The first-order valence-electron chi connectivity index (χ1n) is 5.78. The predicted octanol–water partition coefficient (Wildman–Crippen LogP) is 1.24. The van der Waals surface area contributed by atoms with Crippen LogP contribution in [0.3, 0.4) is 0 Å². The van der Waals surface area contributed by atoms with Crippen molar-refractivity contribution in [1.82, 2.24) is 0 Å². The molecule has 0 radical (unpaired) electrons. The third-order valence-electron chi connectivity index (χ3n) is 2.64. The molecule has 0 fully saturated rings. The highest BCUT2D eigenvalue weighted by Gasteiger charge is 2.18. The van der Waals surface area contributed by atoms with Crippen LogP contribution in [0.1, 0.15) is 19.4 Å². The van der Waals surface area contributed by atoms with E-state index in [0.717, 1.165) is 0 Å². The van der Waals surface area contributed by atoms with Crippen LogP contribution in [0.4, 0.5) is 5.69 Å². The molecular formula is C13H18N2O3. The molecule has 18 heavy (non-hydrogen) atoms. The van der Waals surface area contributed by atoms with Gasteiger partial charge in [-0.25, -0.2) is 0 Å². The van der Waals surface area contributed by atoms with E-state index >= 15 is 0 Å². The Morgan fingerprint density at radius 3 is 2.50 bits per heavy atom. The summed E-state index contributed by atoms with van der Waals surface area (Å²) in [6, 6.07) is 6.20. The minimum atomic E-state index is -0.940. The Labute approximate surface area is 106 Å². The van der Waals surface area contributed by atoms with E-state index in [2.05, 4.69) is 5.32 Å². The van der Waals surface area contributed by atoms with Gasteiger partial charge in [0.1, 0.15) is 0 Å². The second-order valence-electron chi connectivity index (χ2n) is 4.49. The molecule has 0 bridgehead atoms. The summed E-state index contributed by atoms with van der Waals surface area (Å²) in [6.07, 6.45) is -0.132. The number of carboxylic acid groups (broad SMARTS) is 1. The zero-order valence-electron chi connectivity index (χ0n) is 10.5. The van der Waals surface area contributed by atoms with E-state index in [1.807, 2.05) is 13.8 Å². The molecule has 98 valence electrons. The number of hydrogen-bond donors (Lipinski definition) is 3. The van der Waals surface area contributed by atoms with Crippen molar-refractivity contribution in [2.45, 2.75) is 26.3 Å². The van der Waals surface area contributed by atoms with Gasteiger partial charge in [-0.3, -0.25) is 9.59 Å². The molecule has 0 saturated carbocycles. The number of carboxylic acids is 1. The van der Waals surface area contributed by atoms with Gasteiger partial charge in [0.25, 0.3) is 0 Å². The first kappa shape index (κ1) is 14.2. The third kappa shape index (κ3) is 3.85. The van der Waals surface area contributed by atoms with Crippen LogP contribution in [-0.4, -0.2) is 23.0 Å². The monoisotopic (exact) mass is 250 g/mol. The maximum absolute atomic E-state index is 11.8. The number of rotatable bonds is 5. The van der Waals surface area contributed by atoms with Crippen LogP contribution >= 0.6 is 0 Å². The van der Waals surface area contributed by atoms with Gasteiger partial charge in [-0.1, -0.05) is 32.0 Å². The molecule has 1 atom stereocenters. The summed E-state index contributed by atoms with van der Waals surface area (Å²) in [5.41, 5.74) is 6.80. The average molecular weight is 250 g/mol. The van der Waals surface area contributed by atoms with Gasteiger partial charge in [-0.05, 0) is 17.5 Å². The number of benzene rings is 1. The molecule has 0 saturated heterocycles. The Hall–Kier alpha value is -1.88. The highest BCUT2D eigenvalue weighted by atomic mass is 16.4. The van der Waals surface area contributed by atoms with Crippen molar-refractivity contribution >= 4 is 17.6 Å². The van der Waals surface area contributed by atoms with Crippen LogP contribution in [0.25, 0.3) is 0 Å². The number of nitrogens with two attached hydrogens (primary N) is 1. The molecule has 1 amide bonds. The van der Waals surface area contributed by atoms with Gasteiger partial charge in [0.05, 0.1) is 12.5 Å². The van der Waals surface area contributed by atoms with Crippen LogP contribution in [0, 0.1) is 5.92 Å². The zero-order valence-corrected chi connectivity index (χ0v) is 10.5. The van der Waals surface area contributed by atoms with Crippen LogP contribution in [0.2, 0.25) is 0 Å². The average Bonchev–Trinajstić information content (AvgIpc) is 2.29. The Kier molecular flexibility index (Phi) is 4.85. The summed E-state index contributed by atoms with van der Waals surface area (Å²) in [7, 11) is 0. The number of anilines is 1. The van der Waals surface area contributed by atoms with Crippen LogP contribution in [0.5, 0.6) is 0 Å². The number of aliphatic carboxylic acids is 1. The van der Waals surface area contributed by atoms with Crippen molar-refractivity contribution in [2.24, 2.45) is 11.7 Å². The topological polar surface area (TPSA) is 92.4 Å². The van der Waals surface area contributed by atoms with E-state index in [-0.39, 0.29) is 18.2 Å². The Bertz CT molecular complexity index is 444. The van der Waals surface area contributed by atoms with Gasteiger partial charge >= 0.3 is 5.97 Å². The first-order chi connectivity index (χ1) is 8.41. The lowest BCUT2D eigenvalue weighted by atomic mass is 10.0. The molecule has 1 aromatic carbocycles. The molecule has 4 N–H and O–H groups in total.